The number of terminal acetylenes is 1. The van der Waals surface area contributed by atoms with E-state index in [0.29, 0.717) is 61.5 Å². The van der Waals surface area contributed by atoms with Crippen LogP contribution in [0.15, 0.2) is 30.5 Å². The van der Waals surface area contributed by atoms with E-state index in [-0.39, 0.29) is 56.7 Å². The summed E-state index contributed by atoms with van der Waals surface area (Å²) >= 11 is 0. The Bertz CT molecular complexity index is 2110. The fourth-order valence-electron chi connectivity index (χ4n) is 9.36. The van der Waals surface area contributed by atoms with E-state index in [1.165, 1.54) is 30.5 Å². The molecular weight excluding hydrogens is 690 g/mol. The number of aromatic nitrogens is 3. The number of amides is 1. The van der Waals surface area contributed by atoms with Crippen LogP contribution in [0.25, 0.3) is 32.9 Å². The third kappa shape index (κ3) is 6.70. The van der Waals surface area contributed by atoms with Crippen molar-refractivity contribution in [2.45, 2.75) is 64.8 Å². The Hall–Kier alpha value is -4.60. The molecule has 10 nitrogen and oxygen atoms in total. The predicted octanol–water partition coefficient (Wildman–Crippen LogP) is 6.55. The molecule has 4 aromatic rings. The van der Waals surface area contributed by atoms with Crippen LogP contribution in [0.5, 0.6) is 11.8 Å². The van der Waals surface area contributed by atoms with Gasteiger partial charge in [-0.3, -0.25) is 14.7 Å². The quantitative estimate of drug-likeness (QED) is 0.192. The molecule has 4 fully saturated rings. The van der Waals surface area contributed by atoms with Crippen molar-refractivity contribution in [3.05, 3.63) is 47.7 Å². The van der Waals surface area contributed by atoms with E-state index in [0.717, 1.165) is 71.1 Å². The molecular formula is C42H48F2N6O4. The van der Waals surface area contributed by atoms with Crippen LogP contribution in [0.3, 0.4) is 0 Å². The lowest BCUT2D eigenvalue weighted by molar-refractivity contribution is -0.141. The van der Waals surface area contributed by atoms with Gasteiger partial charge in [-0.25, -0.2) is 8.78 Å². The van der Waals surface area contributed by atoms with Crippen molar-refractivity contribution in [2.75, 3.05) is 64.0 Å². The van der Waals surface area contributed by atoms with Gasteiger partial charge in [-0.05, 0) is 81.1 Å². The highest BCUT2D eigenvalue weighted by molar-refractivity contribution is 6.03. The fourth-order valence-corrected chi connectivity index (χ4v) is 9.36. The Labute approximate surface area is 314 Å². The van der Waals surface area contributed by atoms with Crippen LogP contribution >= 0.6 is 0 Å². The summed E-state index contributed by atoms with van der Waals surface area (Å²) in [5.41, 5.74) is -0.0235. The number of halogens is 2. The Morgan fingerprint density at radius 2 is 1.94 bits per heavy atom. The normalized spacial score (nSPS) is 22.3. The van der Waals surface area contributed by atoms with Gasteiger partial charge in [-0.1, -0.05) is 32.3 Å². The SMILES string of the molecule is C#Cc1c(F)ccc2cc(O)cc(-c3ncc4c(N5CCCOCC5)nc(OC[C@]56CCC[C@H]5N(CCC5CN(C(=O)C(C)C)C5)CCC6)nc4c3F)c12. The van der Waals surface area contributed by atoms with Crippen LogP contribution in [-0.4, -0.2) is 101 Å². The Balaban J connectivity index is 1.10. The number of ether oxygens (including phenoxy) is 2. The van der Waals surface area contributed by atoms with E-state index in [1.807, 2.05) is 18.7 Å². The zero-order valence-electron chi connectivity index (χ0n) is 31.1. The first-order valence-corrected chi connectivity index (χ1v) is 19.4. The number of phenolic OH excluding ortho intramolecular Hbond substituents is 1. The highest BCUT2D eigenvalue weighted by atomic mass is 19.1. The zero-order chi connectivity index (χ0) is 37.6. The number of benzene rings is 2. The molecule has 284 valence electrons. The molecule has 2 atom stereocenters. The molecule has 0 radical (unpaired) electrons. The van der Waals surface area contributed by atoms with Gasteiger partial charge in [0.15, 0.2) is 5.82 Å². The summed E-state index contributed by atoms with van der Waals surface area (Å²) in [6.45, 7) is 10.4. The molecule has 0 spiro atoms. The molecule has 2 aromatic heterocycles. The van der Waals surface area contributed by atoms with E-state index in [9.17, 15) is 14.3 Å². The molecule has 0 unspecified atom stereocenters. The second-order valence-corrected chi connectivity index (χ2v) is 15.9. The van der Waals surface area contributed by atoms with Crippen molar-refractivity contribution < 1.29 is 28.2 Å². The smallest absolute Gasteiger partial charge is 0.319 e. The van der Waals surface area contributed by atoms with Gasteiger partial charge < -0.3 is 24.4 Å². The van der Waals surface area contributed by atoms with E-state index < -0.39 is 11.6 Å². The summed E-state index contributed by atoms with van der Waals surface area (Å²) in [6.07, 6.45) is 14.5. The number of piperidine rings is 1. The standard InChI is InChI=1S/C42H48F2N6O4/c1-4-30-33(43)10-9-28-20-29(51)21-31(35(28)30)37-36(44)38-32(22-45-37)39(49-15-7-18-53-19-17-49)47-41(46-38)54-25-42-12-5-8-34(42)48(14-6-13-42)16-11-27-23-50(24-27)40(52)26(2)3/h1,9-10,20-22,26-27,34,51H,5-8,11-19,23-25H2,2-3H3/t34-,42-/m1/s1. The van der Waals surface area contributed by atoms with Crippen LogP contribution in [0, 0.1) is 41.2 Å². The van der Waals surface area contributed by atoms with E-state index in [4.69, 9.17) is 25.9 Å². The Kier molecular flexibility index (Phi) is 10.0. The maximum absolute atomic E-state index is 17.0. The van der Waals surface area contributed by atoms with Gasteiger partial charge in [-0.2, -0.15) is 9.97 Å². The summed E-state index contributed by atoms with van der Waals surface area (Å²) in [5.74, 6) is 2.25. The van der Waals surface area contributed by atoms with Crippen LogP contribution in [-0.2, 0) is 9.53 Å². The molecule has 3 aliphatic heterocycles. The van der Waals surface area contributed by atoms with Crippen LogP contribution < -0.4 is 9.64 Å². The summed E-state index contributed by atoms with van der Waals surface area (Å²) < 4.78 is 44.3. The third-order valence-electron chi connectivity index (χ3n) is 12.1. The summed E-state index contributed by atoms with van der Waals surface area (Å²) in [4.78, 5) is 33.2. The number of carbonyl (C=O) groups is 1. The average Bonchev–Trinajstić information content (AvgIpc) is 3.40. The van der Waals surface area contributed by atoms with E-state index in [2.05, 4.69) is 20.7 Å². The van der Waals surface area contributed by atoms with Crippen molar-refractivity contribution >= 4 is 33.4 Å². The van der Waals surface area contributed by atoms with Gasteiger partial charge in [0.05, 0.1) is 24.2 Å². The lowest BCUT2D eigenvalue weighted by Gasteiger charge is -2.47. The molecule has 8 rings (SSSR count). The molecule has 1 N–H and O–H groups in total. The monoisotopic (exact) mass is 738 g/mol. The maximum Gasteiger partial charge on any atom is 0.319 e. The van der Waals surface area contributed by atoms with Gasteiger partial charge in [0.2, 0.25) is 5.91 Å². The van der Waals surface area contributed by atoms with Crippen molar-refractivity contribution in [3.63, 3.8) is 0 Å². The number of hydrogen-bond donors (Lipinski definition) is 1. The largest absolute Gasteiger partial charge is 0.508 e. The topological polar surface area (TPSA) is 104 Å². The lowest BCUT2D eigenvalue weighted by atomic mass is 9.75. The average molecular weight is 739 g/mol. The minimum atomic E-state index is -0.739. The number of pyridine rings is 1. The van der Waals surface area contributed by atoms with Gasteiger partial charge >= 0.3 is 6.01 Å². The Morgan fingerprint density at radius 3 is 2.76 bits per heavy atom. The second kappa shape index (κ2) is 14.9. The first-order chi connectivity index (χ1) is 26.2. The van der Waals surface area contributed by atoms with Crippen LogP contribution in [0.2, 0.25) is 0 Å². The van der Waals surface area contributed by atoms with Crippen molar-refractivity contribution in [3.8, 4) is 35.4 Å². The van der Waals surface area contributed by atoms with Crippen molar-refractivity contribution in [1.82, 2.24) is 24.8 Å². The number of rotatable bonds is 9. The molecule has 12 heteroatoms. The second-order valence-electron chi connectivity index (χ2n) is 15.9. The van der Waals surface area contributed by atoms with Gasteiger partial charge in [0, 0.05) is 67.3 Å². The number of carbonyl (C=O) groups excluding carboxylic acids is 1. The van der Waals surface area contributed by atoms with Crippen LogP contribution in [0.1, 0.15) is 64.4 Å². The number of likely N-dealkylation sites (tertiary alicyclic amines) is 2. The molecule has 1 amide bonds. The summed E-state index contributed by atoms with van der Waals surface area (Å²) in [6, 6.07) is 6.02. The molecule has 3 saturated heterocycles. The molecule has 0 bridgehead atoms. The van der Waals surface area contributed by atoms with E-state index >= 15 is 4.39 Å². The minimum absolute atomic E-state index is 0.0246. The number of hydrogen-bond acceptors (Lipinski definition) is 9. The first kappa shape index (κ1) is 36.4. The fraction of sp³-hybridized carbons (Fsp3) is 0.524. The summed E-state index contributed by atoms with van der Waals surface area (Å²) in [7, 11) is 0. The molecule has 1 saturated carbocycles. The maximum atomic E-state index is 17.0. The van der Waals surface area contributed by atoms with Crippen molar-refractivity contribution in [2.24, 2.45) is 17.3 Å². The predicted molar refractivity (Wildman–Crippen MR) is 203 cm³/mol. The highest BCUT2D eigenvalue weighted by Gasteiger charge is 2.48. The van der Waals surface area contributed by atoms with Crippen LogP contribution in [0.4, 0.5) is 14.6 Å². The third-order valence-corrected chi connectivity index (χ3v) is 12.1. The van der Waals surface area contributed by atoms with Gasteiger partial charge in [0.1, 0.15) is 28.6 Å². The number of phenols is 1. The van der Waals surface area contributed by atoms with Crippen molar-refractivity contribution in [1.29, 1.82) is 0 Å². The number of fused-ring (bicyclic) bond motifs is 3. The Morgan fingerprint density at radius 1 is 1.11 bits per heavy atom. The molecule has 4 aliphatic rings. The summed E-state index contributed by atoms with van der Waals surface area (Å²) in [5, 5.41) is 11.8. The molecule has 1 aliphatic carbocycles. The van der Waals surface area contributed by atoms with Gasteiger partial charge in [0.25, 0.3) is 0 Å². The molecule has 5 heterocycles. The first-order valence-electron chi connectivity index (χ1n) is 19.4. The zero-order valence-corrected chi connectivity index (χ0v) is 31.1. The number of aromatic hydroxyl groups is 1. The van der Waals surface area contributed by atoms with E-state index in [1.54, 1.807) is 0 Å². The number of nitrogens with zero attached hydrogens (tertiary/aromatic N) is 6. The minimum Gasteiger partial charge on any atom is -0.508 e. The number of anilines is 1. The van der Waals surface area contributed by atoms with Gasteiger partial charge in [-0.15, -0.1) is 6.42 Å². The lowest BCUT2D eigenvalue weighted by Crippen LogP contribution is -2.55. The molecule has 54 heavy (non-hydrogen) atoms. The highest BCUT2D eigenvalue weighted by Crippen LogP contribution is 2.48. The molecule has 2 aromatic carbocycles.